The monoisotopic (exact) mass is 300 g/mol. The number of benzene rings is 1. The first-order chi connectivity index (χ1) is 9.11. The number of hydrogen-bond acceptors (Lipinski definition) is 2. The van der Waals surface area contributed by atoms with E-state index >= 15 is 0 Å². The van der Waals surface area contributed by atoms with Crippen molar-refractivity contribution in [3.63, 3.8) is 0 Å². The molecule has 1 heterocycles. The van der Waals surface area contributed by atoms with E-state index in [2.05, 4.69) is 6.92 Å². The van der Waals surface area contributed by atoms with E-state index < -0.39 is 0 Å². The van der Waals surface area contributed by atoms with Crippen molar-refractivity contribution in [2.75, 3.05) is 13.1 Å². The van der Waals surface area contributed by atoms with E-state index in [-0.39, 0.29) is 36.6 Å². The molecule has 2 unspecified atom stereocenters. The zero-order valence-corrected chi connectivity index (χ0v) is 12.5. The first-order valence-corrected chi connectivity index (χ1v) is 6.84. The number of nitrogens with two attached hydrogens (primary N) is 1. The van der Waals surface area contributed by atoms with Gasteiger partial charge in [-0.2, -0.15) is 0 Å². The fourth-order valence-electron chi connectivity index (χ4n) is 2.71. The Morgan fingerprint density at radius 2 is 2.15 bits per heavy atom. The van der Waals surface area contributed by atoms with Crippen LogP contribution in [0.4, 0.5) is 4.39 Å². The standard InChI is InChI=1S/C15H21FN2O.ClH/c1-11-6-7-18(13(8-11)10-17)15(19)9-12-4-2-3-5-14(12)16;/h2-5,11,13H,6-10,17H2,1H3;1H. The fourth-order valence-corrected chi connectivity index (χ4v) is 2.71. The summed E-state index contributed by atoms with van der Waals surface area (Å²) < 4.78 is 13.6. The van der Waals surface area contributed by atoms with Crippen molar-refractivity contribution in [2.24, 2.45) is 11.7 Å². The number of carbonyl (C=O) groups excluding carboxylic acids is 1. The molecule has 1 aliphatic heterocycles. The van der Waals surface area contributed by atoms with Crippen LogP contribution in [-0.4, -0.2) is 29.9 Å². The van der Waals surface area contributed by atoms with Crippen LogP contribution in [0.25, 0.3) is 0 Å². The Morgan fingerprint density at radius 1 is 1.45 bits per heavy atom. The molecule has 1 aromatic carbocycles. The van der Waals surface area contributed by atoms with Crippen molar-refractivity contribution >= 4 is 18.3 Å². The lowest BCUT2D eigenvalue weighted by Gasteiger charge is -2.38. The average molecular weight is 301 g/mol. The molecule has 0 aromatic heterocycles. The van der Waals surface area contributed by atoms with E-state index in [4.69, 9.17) is 5.73 Å². The second-order valence-corrected chi connectivity index (χ2v) is 5.37. The second kappa shape index (κ2) is 7.60. The molecular formula is C15H22ClFN2O. The maximum atomic E-state index is 13.6. The summed E-state index contributed by atoms with van der Waals surface area (Å²) in [6, 6.07) is 6.54. The van der Waals surface area contributed by atoms with Crippen LogP contribution in [-0.2, 0) is 11.2 Å². The number of amides is 1. The molecule has 1 aliphatic rings. The molecule has 1 fully saturated rings. The number of nitrogens with zero attached hydrogens (tertiary/aromatic N) is 1. The molecule has 0 radical (unpaired) electrons. The molecule has 20 heavy (non-hydrogen) atoms. The minimum absolute atomic E-state index is 0. The highest BCUT2D eigenvalue weighted by molar-refractivity contribution is 5.85. The van der Waals surface area contributed by atoms with E-state index in [1.165, 1.54) is 6.07 Å². The van der Waals surface area contributed by atoms with Gasteiger partial charge < -0.3 is 10.6 Å². The van der Waals surface area contributed by atoms with Crippen LogP contribution in [0.1, 0.15) is 25.3 Å². The van der Waals surface area contributed by atoms with Gasteiger partial charge in [0.05, 0.1) is 6.42 Å². The van der Waals surface area contributed by atoms with E-state index in [1.54, 1.807) is 18.2 Å². The number of hydrogen-bond donors (Lipinski definition) is 1. The maximum Gasteiger partial charge on any atom is 0.227 e. The highest BCUT2D eigenvalue weighted by Crippen LogP contribution is 2.23. The van der Waals surface area contributed by atoms with Gasteiger partial charge in [0, 0.05) is 19.1 Å². The van der Waals surface area contributed by atoms with E-state index in [1.807, 2.05) is 4.90 Å². The lowest BCUT2D eigenvalue weighted by molar-refractivity contribution is -0.134. The van der Waals surface area contributed by atoms with Crippen LogP contribution in [0, 0.1) is 11.7 Å². The Morgan fingerprint density at radius 3 is 2.80 bits per heavy atom. The summed E-state index contributed by atoms with van der Waals surface area (Å²) in [5.41, 5.74) is 6.21. The fraction of sp³-hybridized carbons (Fsp3) is 0.533. The molecule has 112 valence electrons. The second-order valence-electron chi connectivity index (χ2n) is 5.37. The van der Waals surface area contributed by atoms with Gasteiger partial charge in [0.25, 0.3) is 0 Å². The predicted octanol–water partition coefficient (Wildman–Crippen LogP) is 2.38. The van der Waals surface area contributed by atoms with Crippen LogP contribution in [0.2, 0.25) is 0 Å². The lowest BCUT2D eigenvalue weighted by Crippen LogP contribution is -2.49. The third-order valence-corrected chi connectivity index (χ3v) is 3.87. The minimum atomic E-state index is -0.314. The van der Waals surface area contributed by atoms with Gasteiger partial charge in [-0.05, 0) is 30.4 Å². The molecule has 0 saturated carbocycles. The van der Waals surface area contributed by atoms with Crippen molar-refractivity contribution in [3.05, 3.63) is 35.6 Å². The normalized spacial score (nSPS) is 22.2. The van der Waals surface area contributed by atoms with Gasteiger partial charge in [-0.3, -0.25) is 4.79 Å². The number of rotatable bonds is 3. The van der Waals surface area contributed by atoms with Crippen molar-refractivity contribution in [3.8, 4) is 0 Å². The smallest absolute Gasteiger partial charge is 0.227 e. The van der Waals surface area contributed by atoms with Crippen LogP contribution in [0.15, 0.2) is 24.3 Å². The summed E-state index contributed by atoms with van der Waals surface area (Å²) in [4.78, 5) is 14.1. The largest absolute Gasteiger partial charge is 0.338 e. The molecule has 1 aromatic rings. The van der Waals surface area contributed by atoms with Crippen LogP contribution in [0.5, 0.6) is 0 Å². The van der Waals surface area contributed by atoms with Crippen molar-refractivity contribution in [2.45, 2.75) is 32.2 Å². The van der Waals surface area contributed by atoms with Crippen LogP contribution in [0.3, 0.4) is 0 Å². The summed E-state index contributed by atoms with van der Waals surface area (Å²) >= 11 is 0. The summed E-state index contributed by atoms with van der Waals surface area (Å²) in [6.45, 7) is 3.39. The quantitative estimate of drug-likeness (QED) is 0.931. The number of carbonyl (C=O) groups is 1. The first kappa shape index (κ1) is 16.9. The summed E-state index contributed by atoms with van der Waals surface area (Å²) in [5.74, 6) is 0.268. The third-order valence-electron chi connectivity index (χ3n) is 3.87. The Hall–Kier alpha value is -1.13. The van der Waals surface area contributed by atoms with E-state index in [0.29, 0.717) is 18.0 Å². The summed E-state index contributed by atoms with van der Waals surface area (Å²) in [5, 5.41) is 0. The maximum absolute atomic E-state index is 13.6. The van der Waals surface area contributed by atoms with Crippen molar-refractivity contribution < 1.29 is 9.18 Å². The number of piperidine rings is 1. The molecule has 3 nitrogen and oxygen atoms in total. The molecule has 0 bridgehead atoms. The SMILES string of the molecule is CC1CCN(C(=O)Cc2ccccc2F)C(CN)C1.Cl. The highest BCUT2D eigenvalue weighted by Gasteiger charge is 2.28. The minimum Gasteiger partial charge on any atom is -0.338 e. The average Bonchev–Trinajstić information content (AvgIpc) is 2.41. The molecule has 0 spiro atoms. The van der Waals surface area contributed by atoms with Gasteiger partial charge in [0.2, 0.25) is 5.91 Å². The molecule has 5 heteroatoms. The lowest BCUT2D eigenvalue weighted by atomic mass is 9.92. The topological polar surface area (TPSA) is 46.3 Å². The number of halogens is 2. The van der Waals surface area contributed by atoms with Gasteiger partial charge in [-0.1, -0.05) is 25.1 Å². The highest BCUT2D eigenvalue weighted by atomic mass is 35.5. The third kappa shape index (κ3) is 3.93. The van der Waals surface area contributed by atoms with Gasteiger partial charge in [0.1, 0.15) is 5.82 Å². The van der Waals surface area contributed by atoms with Gasteiger partial charge in [0.15, 0.2) is 0 Å². The molecule has 2 atom stereocenters. The van der Waals surface area contributed by atoms with Gasteiger partial charge in [-0.15, -0.1) is 12.4 Å². The van der Waals surface area contributed by atoms with Crippen LogP contribution >= 0.6 is 12.4 Å². The summed E-state index contributed by atoms with van der Waals surface area (Å²) in [6.07, 6.45) is 2.07. The Balaban J connectivity index is 0.00000200. The molecule has 2 rings (SSSR count). The Labute approximate surface area is 125 Å². The molecule has 1 amide bonds. The van der Waals surface area contributed by atoms with Crippen molar-refractivity contribution in [1.82, 2.24) is 4.90 Å². The predicted molar refractivity (Wildman–Crippen MR) is 80.3 cm³/mol. The molecular weight excluding hydrogens is 279 g/mol. The van der Waals surface area contributed by atoms with Crippen molar-refractivity contribution in [1.29, 1.82) is 0 Å². The molecule has 0 aliphatic carbocycles. The Kier molecular flexibility index (Phi) is 6.43. The van der Waals surface area contributed by atoms with E-state index in [9.17, 15) is 9.18 Å². The molecule has 2 N–H and O–H groups in total. The van der Waals surface area contributed by atoms with Crippen LogP contribution < -0.4 is 5.73 Å². The Bertz CT molecular complexity index is 455. The zero-order valence-electron chi connectivity index (χ0n) is 11.7. The first-order valence-electron chi connectivity index (χ1n) is 6.84. The zero-order chi connectivity index (χ0) is 13.8. The molecule has 1 saturated heterocycles. The van der Waals surface area contributed by atoms with E-state index in [0.717, 1.165) is 19.4 Å². The summed E-state index contributed by atoms with van der Waals surface area (Å²) in [7, 11) is 0. The van der Waals surface area contributed by atoms with Gasteiger partial charge in [-0.25, -0.2) is 4.39 Å². The number of likely N-dealkylation sites (tertiary alicyclic amines) is 1. The van der Waals surface area contributed by atoms with Gasteiger partial charge >= 0.3 is 0 Å².